The number of hydrogen-bond acceptors (Lipinski definition) is 4. The van der Waals surface area contributed by atoms with Gasteiger partial charge in [0.25, 0.3) is 0 Å². The fourth-order valence-corrected chi connectivity index (χ4v) is 2.83. The molecule has 0 radical (unpaired) electrons. The molecule has 3 rings (SSSR count). The van der Waals surface area contributed by atoms with Crippen LogP contribution in [0.4, 0.5) is 4.79 Å². The number of ether oxygens (including phenoxy) is 1. The number of amides is 3. The van der Waals surface area contributed by atoms with Gasteiger partial charge in [0.1, 0.15) is 6.61 Å². The van der Waals surface area contributed by atoms with Crippen molar-refractivity contribution in [3.05, 3.63) is 84.4 Å². The molecule has 0 aliphatic carbocycles. The van der Waals surface area contributed by atoms with Crippen LogP contribution in [-0.2, 0) is 20.9 Å². The van der Waals surface area contributed by atoms with Crippen molar-refractivity contribution in [2.45, 2.75) is 13.5 Å². The van der Waals surface area contributed by atoms with Crippen molar-refractivity contribution in [2.75, 3.05) is 32.7 Å². The van der Waals surface area contributed by atoms with E-state index in [-0.39, 0.29) is 31.1 Å². The predicted molar refractivity (Wildman–Crippen MR) is 119 cm³/mol. The molecule has 0 saturated carbocycles. The van der Waals surface area contributed by atoms with Crippen LogP contribution in [-0.4, -0.2) is 60.4 Å². The lowest BCUT2D eigenvalue weighted by atomic mass is 10.2. The largest absolute Gasteiger partial charge is 0.445 e. The fraction of sp³-hybridized carbons (Fsp3) is 0.292. The predicted octanol–water partition coefficient (Wildman–Crippen LogP) is 2.76. The Bertz CT molecular complexity index is 848. The van der Waals surface area contributed by atoms with E-state index in [4.69, 9.17) is 4.74 Å². The first-order valence-electron chi connectivity index (χ1n) is 10.1. The fourth-order valence-electron chi connectivity index (χ4n) is 2.83. The summed E-state index contributed by atoms with van der Waals surface area (Å²) in [5, 5.41) is 2.45. The second-order valence-corrected chi connectivity index (χ2v) is 6.98. The van der Waals surface area contributed by atoms with Crippen LogP contribution < -0.4 is 5.32 Å². The number of nitrogens with one attached hydrogen (secondary N) is 1. The maximum Gasteiger partial charge on any atom is 0.410 e. The Morgan fingerprint density at radius 2 is 1.48 bits per heavy atom. The monoisotopic (exact) mass is 423 g/mol. The molecular formula is C24H29N3O4. The van der Waals surface area contributed by atoms with E-state index in [9.17, 15) is 14.4 Å². The summed E-state index contributed by atoms with van der Waals surface area (Å²) in [7, 11) is 0. The zero-order chi connectivity index (χ0) is 22.5. The average molecular weight is 424 g/mol. The Morgan fingerprint density at radius 3 is 2.00 bits per heavy atom. The maximum absolute atomic E-state index is 12.0. The number of hydrogen-bond donors (Lipinski definition) is 1. The number of carbonyl (C=O) groups is 3. The molecule has 1 N–H and O–H groups in total. The van der Waals surface area contributed by atoms with E-state index < -0.39 is 0 Å². The van der Waals surface area contributed by atoms with Crippen LogP contribution in [0, 0.1) is 6.92 Å². The normalized spacial score (nSPS) is 12.8. The molecule has 1 saturated heterocycles. The minimum absolute atomic E-state index is 0.0662. The van der Waals surface area contributed by atoms with E-state index in [1.165, 1.54) is 5.56 Å². The standard InChI is InChI=1S/C17H21N3O4.C7H8/c1-2-15(21)18-12-16(22)19-8-10-20(11-9-19)17(23)24-13-14-6-4-3-5-7-14;1-7-5-3-2-4-6-7/h2-7H,1,8-13H2,(H,18,21);2-6H,1H3. The van der Waals surface area contributed by atoms with Gasteiger partial charge in [0.05, 0.1) is 6.54 Å². The first kappa shape index (κ1) is 23.7. The van der Waals surface area contributed by atoms with Crippen molar-refractivity contribution in [1.82, 2.24) is 15.1 Å². The molecule has 31 heavy (non-hydrogen) atoms. The highest BCUT2D eigenvalue weighted by Crippen LogP contribution is 2.07. The molecule has 0 aromatic heterocycles. The summed E-state index contributed by atoms with van der Waals surface area (Å²) in [4.78, 5) is 38.2. The van der Waals surface area contributed by atoms with Gasteiger partial charge in [-0.1, -0.05) is 72.8 Å². The van der Waals surface area contributed by atoms with E-state index in [0.717, 1.165) is 11.6 Å². The molecule has 7 heteroatoms. The third-order valence-corrected chi connectivity index (χ3v) is 4.64. The van der Waals surface area contributed by atoms with Crippen molar-refractivity contribution in [2.24, 2.45) is 0 Å². The second kappa shape index (κ2) is 12.8. The first-order valence-corrected chi connectivity index (χ1v) is 10.1. The molecule has 164 valence electrons. The molecule has 2 aromatic carbocycles. The summed E-state index contributed by atoms with van der Waals surface area (Å²) in [5.41, 5.74) is 2.25. The van der Waals surface area contributed by atoms with Gasteiger partial charge >= 0.3 is 6.09 Å². The van der Waals surface area contributed by atoms with Gasteiger partial charge in [-0.2, -0.15) is 0 Å². The first-order chi connectivity index (χ1) is 15.0. The third kappa shape index (κ3) is 8.74. The van der Waals surface area contributed by atoms with Crippen LogP contribution in [0.25, 0.3) is 0 Å². The molecule has 7 nitrogen and oxygen atoms in total. The molecule has 1 aliphatic rings. The minimum Gasteiger partial charge on any atom is -0.445 e. The minimum atomic E-state index is -0.383. The van der Waals surface area contributed by atoms with E-state index >= 15 is 0 Å². The van der Waals surface area contributed by atoms with Crippen molar-refractivity contribution in [3.63, 3.8) is 0 Å². The summed E-state index contributed by atoms with van der Waals surface area (Å²) >= 11 is 0. The van der Waals surface area contributed by atoms with Gasteiger partial charge in [0, 0.05) is 26.2 Å². The number of aryl methyl sites for hydroxylation is 1. The molecule has 0 atom stereocenters. The molecule has 2 aromatic rings. The van der Waals surface area contributed by atoms with Crippen LogP contribution in [0.3, 0.4) is 0 Å². The lowest BCUT2D eigenvalue weighted by Gasteiger charge is -2.34. The van der Waals surface area contributed by atoms with Gasteiger partial charge in [0.15, 0.2) is 0 Å². The highest BCUT2D eigenvalue weighted by Gasteiger charge is 2.24. The van der Waals surface area contributed by atoms with Gasteiger partial charge < -0.3 is 19.9 Å². The average Bonchev–Trinajstić information content (AvgIpc) is 2.82. The molecule has 1 aliphatic heterocycles. The maximum atomic E-state index is 12.0. The number of rotatable bonds is 5. The van der Waals surface area contributed by atoms with Crippen LogP contribution in [0.2, 0.25) is 0 Å². The molecule has 0 spiro atoms. The third-order valence-electron chi connectivity index (χ3n) is 4.64. The molecule has 1 fully saturated rings. The van der Waals surface area contributed by atoms with E-state index in [1.807, 2.05) is 48.5 Å². The molecule has 0 unspecified atom stereocenters. The van der Waals surface area contributed by atoms with Gasteiger partial charge in [0.2, 0.25) is 11.8 Å². The smallest absolute Gasteiger partial charge is 0.410 e. The number of piperazine rings is 1. The highest BCUT2D eigenvalue weighted by molar-refractivity contribution is 5.90. The Morgan fingerprint density at radius 1 is 0.935 bits per heavy atom. The van der Waals surface area contributed by atoms with Crippen molar-refractivity contribution in [1.29, 1.82) is 0 Å². The number of carbonyl (C=O) groups excluding carboxylic acids is 3. The Hall–Kier alpha value is -3.61. The topological polar surface area (TPSA) is 79.0 Å². The molecule has 1 heterocycles. The van der Waals surface area contributed by atoms with Crippen LogP contribution in [0.5, 0.6) is 0 Å². The molecule has 3 amide bonds. The lowest BCUT2D eigenvalue weighted by molar-refractivity contribution is -0.133. The van der Waals surface area contributed by atoms with E-state index in [1.54, 1.807) is 9.80 Å². The highest BCUT2D eigenvalue weighted by atomic mass is 16.6. The van der Waals surface area contributed by atoms with Gasteiger partial charge in [-0.25, -0.2) is 4.79 Å². The van der Waals surface area contributed by atoms with Crippen molar-refractivity contribution >= 4 is 17.9 Å². The number of nitrogens with zero attached hydrogens (tertiary/aromatic N) is 2. The van der Waals surface area contributed by atoms with E-state index in [2.05, 4.69) is 31.0 Å². The summed E-state index contributed by atoms with van der Waals surface area (Å²) in [6, 6.07) is 19.7. The van der Waals surface area contributed by atoms with E-state index in [0.29, 0.717) is 26.2 Å². The van der Waals surface area contributed by atoms with Gasteiger partial charge in [-0.05, 0) is 18.6 Å². The zero-order valence-electron chi connectivity index (χ0n) is 17.8. The van der Waals surface area contributed by atoms with Crippen molar-refractivity contribution in [3.8, 4) is 0 Å². The Kier molecular flexibility index (Phi) is 9.81. The SMILES string of the molecule is C=CC(=O)NCC(=O)N1CCN(C(=O)OCc2ccccc2)CC1.Cc1ccccc1. The van der Waals surface area contributed by atoms with Crippen molar-refractivity contribution < 1.29 is 19.1 Å². The van der Waals surface area contributed by atoms with Crippen LogP contribution in [0.15, 0.2) is 73.3 Å². The summed E-state index contributed by atoms with van der Waals surface area (Å²) in [6.45, 7) is 7.23. The van der Waals surface area contributed by atoms with Crippen LogP contribution >= 0.6 is 0 Å². The molecular weight excluding hydrogens is 394 g/mol. The summed E-state index contributed by atoms with van der Waals surface area (Å²) < 4.78 is 5.27. The summed E-state index contributed by atoms with van der Waals surface area (Å²) in [5.74, 6) is -0.561. The van der Waals surface area contributed by atoms with Gasteiger partial charge in [-0.3, -0.25) is 9.59 Å². The Labute approximate surface area is 183 Å². The quantitative estimate of drug-likeness (QED) is 0.750. The van der Waals surface area contributed by atoms with Gasteiger partial charge in [-0.15, -0.1) is 0 Å². The lowest BCUT2D eigenvalue weighted by Crippen LogP contribution is -2.52. The molecule has 0 bridgehead atoms. The number of benzene rings is 2. The van der Waals surface area contributed by atoms with Crippen LogP contribution in [0.1, 0.15) is 11.1 Å². The zero-order valence-corrected chi connectivity index (χ0v) is 17.8. The Balaban J connectivity index is 0.000000412. The second-order valence-electron chi connectivity index (χ2n) is 6.98. The summed E-state index contributed by atoms with van der Waals surface area (Å²) in [6.07, 6.45) is 0.736.